The summed E-state index contributed by atoms with van der Waals surface area (Å²) in [5.41, 5.74) is 6.96. The second-order valence-electron chi connectivity index (χ2n) is 3.28. The zero-order valence-corrected chi connectivity index (χ0v) is 9.91. The van der Waals surface area contributed by atoms with Gasteiger partial charge in [0.25, 0.3) is 0 Å². The third kappa shape index (κ3) is 2.35. The third-order valence-corrected chi connectivity index (χ3v) is 2.65. The first-order valence-electron chi connectivity index (χ1n) is 4.76. The molecule has 0 aliphatic heterocycles. The molecule has 6 heteroatoms. The highest BCUT2D eigenvalue weighted by molar-refractivity contribution is 6.36. The van der Waals surface area contributed by atoms with Crippen molar-refractivity contribution < 1.29 is 0 Å². The van der Waals surface area contributed by atoms with Crippen LogP contribution in [-0.2, 0) is 6.54 Å². The van der Waals surface area contributed by atoms with Gasteiger partial charge in [0.2, 0.25) is 0 Å². The van der Waals surface area contributed by atoms with E-state index in [0.29, 0.717) is 23.1 Å². The lowest BCUT2D eigenvalue weighted by Crippen LogP contribution is -2.10. The van der Waals surface area contributed by atoms with E-state index < -0.39 is 0 Å². The van der Waals surface area contributed by atoms with Crippen LogP contribution in [0.1, 0.15) is 0 Å². The monoisotopic (exact) mass is 256 g/mol. The summed E-state index contributed by atoms with van der Waals surface area (Å²) in [4.78, 5) is 0. The van der Waals surface area contributed by atoms with Crippen LogP contribution in [0.25, 0.3) is 11.3 Å². The summed E-state index contributed by atoms with van der Waals surface area (Å²) in [6, 6.07) is 5.27. The maximum absolute atomic E-state index is 6.06. The zero-order valence-electron chi connectivity index (χ0n) is 8.40. The molecule has 1 aromatic heterocycles. The molecule has 0 radical (unpaired) electrons. The van der Waals surface area contributed by atoms with E-state index in [9.17, 15) is 0 Å². The minimum Gasteiger partial charge on any atom is -0.329 e. The molecule has 1 heterocycles. The molecule has 0 bridgehead atoms. The van der Waals surface area contributed by atoms with Gasteiger partial charge in [-0.3, -0.25) is 4.68 Å². The first kappa shape index (κ1) is 11.4. The molecule has 84 valence electrons. The van der Waals surface area contributed by atoms with E-state index in [0.717, 1.165) is 11.3 Å². The van der Waals surface area contributed by atoms with E-state index in [4.69, 9.17) is 28.9 Å². The zero-order chi connectivity index (χ0) is 11.5. The number of rotatable bonds is 3. The Morgan fingerprint density at radius 3 is 2.81 bits per heavy atom. The number of halogens is 2. The molecule has 2 aromatic rings. The van der Waals surface area contributed by atoms with Crippen molar-refractivity contribution in [3.05, 3.63) is 34.4 Å². The summed E-state index contributed by atoms with van der Waals surface area (Å²) in [6.45, 7) is 1.16. The van der Waals surface area contributed by atoms with Gasteiger partial charge in [-0.25, -0.2) is 0 Å². The summed E-state index contributed by atoms with van der Waals surface area (Å²) >= 11 is 11.9. The Bertz CT molecular complexity index is 495. The van der Waals surface area contributed by atoms with E-state index in [1.54, 1.807) is 16.8 Å². The minimum atomic E-state index is 0.525. The average molecular weight is 257 g/mol. The first-order valence-corrected chi connectivity index (χ1v) is 5.52. The highest BCUT2D eigenvalue weighted by Gasteiger charge is 2.08. The van der Waals surface area contributed by atoms with Crippen LogP contribution < -0.4 is 5.73 Å². The lowest BCUT2D eigenvalue weighted by molar-refractivity contribution is 0.598. The van der Waals surface area contributed by atoms with Crippen molar-refractivity contribution in [1.29, 1.82) is 0 Å². The van der Waals surface area contributed by atoms with E-state index in [-0.39, 0.29) is 0 Å². The summed E-state index contributed by atoms with van der Waals surface area (Å²) in [5, 5.41) is 9.13. The molecule has 1 aromatic carbocycles. The van der Waals surface area contributed by atoms with Gasteiger partial charge in [0.05, 0.1) is 17.8 Å². The summed E-state index contributed by atoms with van der Waals surface area (Å²) in [7, 11) is 0. The second-order valence-corrected chi connectivity index (χ2v) is 4.12. The Morgan fingerprint density at radius 2 is 2.12 bits per heavy atom. The summed E-state index contributed by atoms with van der Waals surface area (Å²) in [6.07, 6.45) is 1.81. The van der Waals surface area contributed by atoms with Gasteiger partial charge < -0.3 is 5.73 Å². The second kappa shape index (κ2) is 4.82. The normalized spacial score (nSPS) is 10.7. The number of hydrogen-bond donors (Lipinski definition) is 1. The van der Waals surface area contributed by atoms with Gasteiger partial charge in [-0.1, -0.05) is 28.4 Å². The van der Waals surface area contributed by atoms with Crippen molar-refractivity contribution >= 4 is 23.2 Å². The Kier molecular flexibility index (Phi) is 3.43. The molecule has 0 spiro atoms. The predicted octanol–water partition coefficient (Wildman–Crippen LogP) is 2.21. The number of benzene rings is 1. The van der Waals surface area contributed by atoms with Crippen molar-refractivity contribution in [2.75, 3.05) is 6.54 Å². The summed E-state index contributed by atoms with van der Waals surface area (Å²) < 4.78 is 1.68. The average Bonchev–Trinajstić information content (AvgIpc) is 2.67. The van der Waals surface area contributed by atoms with E-state index in [1.165, 1.54) is 0 Å². The van der Waals surface area contributed by atoms with Crippen molar-refractivity contribution in [3.63, 3.8) is 0 Å². The molecule has 16 heavy (non-hydrogen) atoms. The molecule has 0 fully saturated rings. The maximum atomic E-state index is 6.06. The van der Waals surface area contributed by atoms with Gasteiger partial charge in [-0.15, -0.1) is 5.10 Å². The van der Waals surface area contributed by atoms with Crippen LogP contribution in [0.5, 0.6) is 0 Å². The van der Waals surface area contributed by atoms with Gasteiger partial charge in [0.1, 0.15) is 5.69 Å². The summed E-state index contributed by atoms with van der Waals surface area (Å²) in [5.74, 6) is 0. The Balaban J connectivity index is 2.35. The molecular formula is C10H10Cl2N4. The minimum absolute atomic E-state index is 0.525. The molecule has 0 saturated carbocycles. The maximum Gasteiger partial charge on any atom is 0.114 e. The van der Waals surface area contributed by atoms with Crippen molar-refractivity contribution in [3.8, 4) is 11.3 Å². The lowest BCUT2D eigenvalue weighted by atomic mass is 10.2. The van der Waals surface area contributed by atoms with Gasteiger partial charge >= 0.3 is 0 Å². The Hall–Kier alpha value is -1.10. The van der Waals surface area contributed by atoms with Crippen molar-refractivity contribution in [2.45, 2.75) is 6.54 Å². The number of nitrogens with zero attached hydrogens (tertiary/aromatic N) is 3. The molecule has 2 rings (SSSR count). The van der Waals surface area contributed by atoms with Crippen LogP contribution in [-0.4, -0.2) is 21.5 Å². The largest absolute Gasteiger partial charge is 0.329 e. The van der Waals surface area contributed by atoms with E-state index in [2.05, 4.69) is 10.3 Å². The first-order chi connectivity index (χ1) is 7.70. The molecule has 0 aliphatic rings. The van der Waals surface area contributed by atoms with Gasteiger partial charge in [-0.2, -0.15) is 0 Å². The molecule has 2 N–H and O–H groups in total. The number of hydrogen-bond acceptors (Lipinski definition) is 3. The molecule has 0 atom stereocenters. The highest BCUT2D eigenvalue weighted by Crippen LogP contribution is 2.28. The number of aromatic nitrogens is 3. The molecule has 0 aliphatic carbocycles. The smallest absolute Gasteiger partial charge is 0.114 e. The Labute approximate surface area is 103 Å². The topological polar surface area (TPSA) is 56.7 Å². The predicted molar refractivity (Wildman–Crippen MR) is 64.5 cm³/mol. The van der Waals surface area contributed by atoms with Crippen LogP contribution in [0, 0.1) is 0 Å². The van der Waals surface area contributed by atoms with Crippen LogP contribution in [0.2, 0.25) is 10.0 Å². The van der Waals surface area contributed by atoms with Crippen LogP contribution >= 0.6 is 23.2 Å². The Morgan fingerprint density at radius 1 is 1.31 bits per heavy atom. The fraction of sp³-hybridized carbons (Fsp3) is 0.200. The van der Waals surface area contributed by atoms with Crippen LogP contribution in [0.4, 0.5) is 0 Å². The molecule has 0 amide bonds. The van der Waals surface area contributed by atoms with Crippen molar-refractivity contribution in [2.24, 2.45) is 5.73 Å². The third-order valence-electron chi connectivity index (χ3n) is 2.10. The van der Waals surface area contributed by atoms with Crippen LogP contribution in [0.15, 0.2) is 24.4 Å². The molecule has 4 nitrogen and oxygen atoms in total. The molecular weight excluding hydrogens is 247 g/mol. The lowest BCUT2D eigenvalue weighted by Gasteiger charge is -1.99. The SMILES string of the molecule is NCCn1cc(-c2ccc(Cl)cc2Cl)nn1. The molecule has 0 saturated heterocycles. The van der Waals surface area contributed by atoms with Gasteiger partial charge in [-0.05, 0) is 18.2 Å². The number of nitrogens with two attached hydrogens (primary N) is 1. The van der Waals surface area contributed by atoms with Gasteiger partial charge in [0.15, 0.2) is 0 Å². The molecule has 0 unspecified atom stereocenters. The standard InChI is InChI=1S/C10H10Cl2N4/c11-7-1-2-8(9(12)5-7)10-6-16(4-3-13)15-14-10/h1-2,5-6H,3-4,13H2. The van der Waals surface area contributed by atoms with E-state index in [1.807, 2.05) is 12.3 Å². The fourth-order valence-electron chi connectivity index (χ4n) is 1.36. The fourth-order valence-corrected chi connectivity index (χ4v) is 1.87. The quantitative estimate of drug-likeness (QED) is 0.917. The van der Waals surface area contributed by atoms with Crippen LogP contribution in [0.3, 0.4) is 0 Å². The van der Waals surface area contributed by atoms with E-state index >= 15 is 0 Å². The highest BCUT2D eigenvalue weighted by atomic mass is 35.5. The van der Waals surface area contributed by atoms with Gasteiger partial charge in [0, 0.05) is 17.1 Å². The van der Waals surface area contributed by atoms with Crippen molar-refractivity contribution in [1.82, 2.24) is 15.0 Å².